The van der Waals surface area contributed by atoms with Gasteiger partial charge in [-0.3, -0.25) is 9.30 Å². The molecule has 0 aromatic carbocycles. The van der Waals surface area contributed by atoms with Crippen LogP contribution in [0.3, 0.4) is 0 Å². The molecule has 0 aliphatic carbocycles. The van der Waals surface area contributed by atoms with E-state index in [1.807, 2.05) is 13.1 Å². The Labute approximate surface area is 132 Å². The summed E-state index contributed by atoms with van der Waals surface area (Å²) in [6, 6.07) is 2.10. The molecule has 1 aliphatic heterocycles. The summed E-state index contributed by atoms with van der Waals surface area (Å²) >= 11 is 0. The van der Waals surface area contributed by atoms with Gasteiger partial charge >= 0.3 is 0 Å². The molecule has 5 nitrogen and oxygen atoms in total. The fraction of sp³-hybridized carbons (Fsp3) is 0.600. The van der Waals surface area contributed by atoms with Gasteiger partial charge in [-0.2, -0.15) is 0 Å². The standard InChI is InChI=1S/C15H23N5.ClH/c1-11-6-12(2)20-13(7-17-14(20)18-11)8-19-5-4-15(3,9-16)10-19;/h6-7H,4-5,8-10,16H2,1-3H3;1H. The minimum absolute atomic E-state index is 0. The van der Waals surface area contributed by atoms with Crippen LogP contribution in [0.2, 0.25) is 0 Å². The van der Waals surface area contributed by atoms with Gasteiger partial charge in [0.1, 0.15) is 0 Å². The number of halogens is 1. The monoisotopic (exact) mass is 309 g/mol. The Hall–Kier alpha value is -1.17. The SMILES string of the molecule is Cc1cc(C)n2c(CN3CCC(C)(CN)C3)cnc2n1.Cl. The van der Waals surface area contributed by atoms with E-state index in [1.54, 1.807) is 0 Å². The van der Waals surface area contributed by atoms with E-state index in [2.05, 4.69) is 39.2 Å². The van der Waals surface area contributed by atoms with Gasteiger partial charge in [-0.05, 0) is 44.8 Å². The molecule has 6 heteroatoms. The van der Waals surface area contributed by atoms with Gasteiger partial charge in [-0.25, -0.2) is 9.97 Å². The van der Waals surface area contributed by atoms with E-state index >= 15 is 0 Å². The Morgan fingerprint density at radius 2 is 2.14 bits per heavy atom. The highest BCUT2D eigenvalue weighted by atomic mass is 35.5. The van der Waals surface area contributed by atoms with Gasteiger partial charge in [-0.1, -0.05) is 6.92 Å². The number of aryl methyl sites for hydroxylation is 2. The van der Waals surface area contributed by atoms with Crippen molar-refractivity contribution in [3.05, 3.63) is 29.3 Å². The van der Waals surface area contributed by atoms with E-state index < -0.39 is 0 Å². The number of rotatable bonds is 3. The molecule has 0 bridgehead atoms. The fourth-order valence-corrected chi connectivity index (χ4v) is 3.16. The molecule has 2 aromatic rings. The van der Waals surface area contributed by atoms with E-state index in [0.717, 1.165) is 37.7 Å². The minimum Gasteiger partial charge on any atom is -0.330 e. The molecule has 3 rings (SSSR count). The largest absolute Gasteiger partial charge is 0.330 e. The lowest BCUT2D eigenvalue weighted by Crippen LogP contribution is -2.31. The van der Waals surface area contributed by atoms with Crippen LogP contribution in [0.1, 0.15) is 30.4 Å². The van der Waals surface area contributed by atoms with Gasteiger partial charge < -0.3 is 5.73 Å². The third-order valence-corrected chi connectivity index (χ3v) is 4.38. The van der Waals surface area contributed by atoms with Crippen molar-refractivity contribution in [3.63, 3.8) is 0 Å². The van der Waals surface area contributed by atoms with E-state index in [0.29, 0.717) is 0 Å². The maximum atomic E-state index is 5.88. The van der Waals surface area contributed by atoms with Crippen molar-refractivity contribution >= 4 is 18.2 Å². The Bertz CT molecular complexity index is 638. The van der Waals surface area contributed by atoms with Crippen LogP contribution in [0.15, 0.2) is 12.3 Å². The summed E-state index contributed by atoms with van der Waals surface area (Å²) in [5.74, 6) is 0.804. The first-order valence-electron chi connectivity index (χ1n) is 7.24. The number of nitrogens with two attached hydrogens (primary N) is 1. The van der Waals surface area contributed by atoms with Crippen LogP contribution in [-0.4, -0.2) is 38.9 Å². The van der Waals surface area contributed by atoms with Crippen LogP contribution in [0.4, 0.5) is 0 Å². The highest BCUT2D eigenvalue weighted by molar-refractivity contribution is 5.85. The van der Waals surface area contributed by atoms with Gasteiger partial charge in [-0.15, -0.1) is 12.4 Å². The zero-order valence-electron chi connectivity index (χ0n) is 13.0. The molecule has 1 saturated heterocycles. The Balaban J connectivity index is 0.00000161. The van der Waals surface area contributed by atoms with Crippen LogP contribution in [-0.2, 0) is 6.54 Å². The molecule has 2 aromatic heterocycles. The highest BCUT2D eigenvalue weighted by Gasteiger charge is 2.32. The second-order valence-corrected chi connectivity index (χ2v) is 6.40. The third-order valence-electron chi connectivity index (χ3n) is 4.38. The highest BCUT2D eigenvalue weighted by Crippen LogP contribution is 2.29. The average molecular weight is 310 g/mol. The lowest BCUT2D eigenvalue weighted by atomic mass is 9.90. The van der Waals surface area contributed by atoms with Gasteiger partial charge in [0.2, 0.25) is 5.78 Å². The van der Waals surface area contributed by atoms with Crippen LogP contribution in [0.25, 0.3) is 5.78 Å². The average Bonchev–Trinajstić information content (AvgIpc) is 2.95. The molecule has 1 fully saturated rings. The summed E-state index contributed by atoms with van der Waals surface area (Å²) in [6.45, 7) is 10.3. The van der Waals surface area contributed by atoms with Crippen LogP contribution in [0, 0.1) is 19.3 Å². The van der Waals surface area contributed by atoms with E-state index in [1.165, 1.54) is 17.8 Å². The molecule has 3 heterocycles. The number of imidazole rings is 1. The second-order valence-electron chi connectivity index (χ2n) is 6.40. The lowest BCUT2D eigenvalue weighted by molar-refractivity contribution is 0.271. The molecule has 2 N–H and O–H groups in total. The molecule has 116 valence electrons. The molecule has 0 spiro atoms. The topological polar surface area (TPSA) is 59.5 Å². The molecule has 21 heavy (non-hydrogen) atoms. The summed E-state index contributed by atoms with van der Waals surface area (Å²) in [5, 5.41) is 0. The maximum Gasteiger partial charge on any atom is 0.234 e. The molecule has 1 unspecified atom stereocenters. The van der Waals surface area contributed by atoms with E-state index in [-0.39, 0.29) is 17.8 Å². The van der Waals surface area contributed by atoms with Crippen molar-refractivity contribution in [3.8, 4) is 0 Å². The normalized spacial score (nSPS) is 22.7. The second kappa shape index (κ2) is 5.91. The van der Waals surface area contributed by atoms with Crippen LogP contribution < -0.4 is 5.73 Å². The first-order chi connectivity index (χ1) is 9.50. The van der Waals surface area contributed by atoms with Gasteiger partial charge in [0.05, 0.1) is 11.9 Å². The zero-order valence-corrected chi connectivity index (χ0v) is 13.8. The van der Waals surface area contributed by atoms with Gasteiger partial charge in [0.15, 0.2) is 0 Å². The Kier molecular flexibility index (Phi) is 4.56. The van der Waals surface area contributed by atoms with Crippen molar-refractivity contribution in [2.45, 2.75) is 33.7 Å². The maximum absolute atomic E-state index is 5.88. The molecule has 1 aliphatic rings. The van der Waals surface area contributed by atoms with E-state index in [4.69, 9.17) is 5.73 Å². The van der Waals surface area contributed by atoms with E-state index in [9.17, 15) is 0 Å². The quantitative estimate of drug-likeness (QED) is 0.941. The molecular weight excluding hydrogens is 286 g/mol. The number of aromatic nitrogens is 3. The van der Waals surface area contributed by atoms with Crippen LogP contribution >= 0.6 is 12.4 Å². The Morgan fingerprint density at radius 1 is 1.38 bits per heavy atom. The summed E-state index contributed by atoms with van der Waals surface area (Å²) in [6.07, 6.45) is 3.13. The van der Waals surface area contributed by atoms with Gasteiger partial charge in [0.25, 0.3) is 0 Å². The smallest absolute Gasteiger partial charge is 0.234 e. The van der Waals surface area contributed by atoms with Crippen molar-refractivity contribution < 1.29 is 0 Å². The fourth-order valence-electron chi connectivity index (χ4n) is 3.16. The molecular formula is C15H24ClN5. The van der Waals surface area contributed by atoms with Crippen molar-refractivity contribution in [1.29, 1.82) is 0 Å². The lowest BCUT2D eigenvalue weighted by Gasteiger charge is -2.22. The molecule has 0 amide bonds. The summed E-state index contributed by atoms with van der Waals surface area (Å²) in [5.41, 5.74) is 9.58. The number of fused-ring (bicyclic) bond motifs is 1. The minimum atomic E-state index is 0. The first-order valence-corrected chi connectivity index (χ1v) is 7.24. The number of likely N-dealkylation sites (tertiary alicyclic amines) is 1. The molecule has 1 atom stereocenters. The molecule has 0 radical (unpaired) electrons. The summed E-state index contributed by atoms with van der Waals surface area (Å²) < 4.78 is 2.16. The third kappa shape index (κ3) is 3.05. The predicted molar refractivity (Wildman–Crippen MR) is 86.8 cm³/mol. The van der Waals surface area contributed by atoms with Crippen molar-refractivity contribution in [2.75, 3.05) is 19.6 Å². The van der Waals surface area contributed by atoms with Crippen molar-refractivity contribution in [2.24, 2.45) is 11.1 Å². The predicted octanol–water partition coefficient (Wildman–Crippen LogP) is 1.94. The Morgan fingerprint density at radius 3 is 2.81 bits per heavy atom. The summed E-state index contributed by atoms with van der Waals surface area (Å²) in [7, 11) is 0. The first kappa shape index (κ1) is 16.2. The molecule has 0 saturated carbocycles. The number of hydrogen-bond donors (Lipinski definition) is 1. The van der Waals surface area contributed by atoms with Crippen LogP contribution in [0.5, 0.6) is 0 Å². The number of hydrogen-bond acceptors (Lipinski definition) is 4. The van der Waals surface area contributed by atoms with Crippen molar-refractivity contribution in [1.82, 2.24) is 19.3 Å². The summed E-state index contributed by atoms with van der Waals surface area (Å²) in [4.78, 5) is 11.4. The van der Waals surface area contributed by atoms with Gasteiger partial charge in [0, 0.05) is 24.5 Å². The zero-order chi connectivity index (χ0) is 14.3. The number of nitrogens with zero attached hydrogens (tertiary/aromatic N) is 4.